The Morgan fingerprint density at radius 3 is 2.82 bits per heavy atom. The Morgan fingerprint density at radius 2 is 2.18 bits per heavy atom. The molecule has 0 fully saturated rings. The summed E-state index contributed by atoms with van der Waals surface area (Å²) in [7, 11) is 0. The van der Waals surface area contributed by atoms with Crippen molar-refractivity contribution in [3.05, 3.63) is 33.2 Å². The summed E-state index contributed by atoms with van der Waals surface area (Å²) in [5.41, 5.74) is 0.874. The van der Waals surface area contributed by atoms with Crippen molar-refractivity contribution in [2.75, 3.05) is 5.75 Å². The third kappa shape index (κ3) is 3.07. The number of rotatable bonds is 3. The van der Waals surface area contributed by atoms with Gasteiger partial charge in [0.1, 0.15) is 0 Å². The molecule has 86 valence electrons. The minimum absolute atomic E-state index is 0.378. The number of halogens is 1. The van der Waals surface area contributed by atoms with Crippen LogP contribution in [0.25, 0.3) is 5.69 Å². The number of aromatic nitrogens is 2. The van der Waals surface area contributed by atoms with Gasteiger partial charge in [-0.2, -0.15) is 5.26 Å². The lowest BCUT2D eigenvalue weighted by Gasteiger charge is -1.99. The number of hydrogen-bond acceptors (Lipinski definition) is 5. The van der Waals surface area contributed by atoms with E-state index in [1.165, 1.54) is 23.1 Å². The summed E-state index contributed by atoms with van der Waals surface area (Å²) >= 11 is 13.8. The van der Waals surface area contributed by atoms with E-state index in [0.717, 1.165) is 10.0 Å². The van der Waals surface area contributed by atoms with E-state index >= 15 is 0 Å². The topological polar surface area (TPSA) is 41.6 Å². The van der Waals surface area contributed by atoms with Gasteiger partial charge >= 0.3 is 0 Å². The van der Waals surface area contributed by atoms with E-state index in [-0.39, 0.29) is 0 Å². The molecule has 0 N–H and O–H groups in total. The van der Waals surface area contributed by atoms with E-state index in [1.54, 1.807) is 16.8 Å². The Hall–Kier alpha value is -0.870. The molecule has 0 spiro atoms. The fourth-order valence-corrected chi connectivity index (χ4v) is 3.31. The van der Waals surface area contributed by atoms with Crippen molar-refractivity contribution in [3.8, 4) is 11.8 Å². The molecule has 0 saturated heterocycles. The quantitative estimate of drug-likeness (QED) is 0.636. The predicted octanol–water partition coefficient (Wildman–Crippen LogP) is 3.93. The third-order valence-corrected chi connectivity index (χ3v) is 4.34. The standard InChI is InChI=1S/C10H6ClN3S3/c11-7-1-3-8(4-2-7)14-10(15)17-9(13-14)16-6-5-12/h1-4H,6H2. The van der Waals surface area contributed by atoms with E-state index in [2.05, 4.69) is 11.2 Å². The minimum atomic E-state index is 0.378. The van der Waals surface area contributed by atoms with Gasteiger partial charge in [-0.1, -0.05) is 34.7 Å². The Kier molecular flexibility index (Phi) is 4.18. The number of nitrogens with zero attached hydrogens (tertiary/aromatic N) is 3. The molecule has 1 aromatic heterocycles. The van der Waals surface area contributed by atoms with Gasteiger partial charge in [-0.25, -0.2) is 4.68 Å². The second-order valence-corrected chi connectivity index (χ2v) is 6.25. The molecular weight excluding hydrogens is 294 g/mol. The average molecular weight is 300 g/mol. The van der Waals surface area contributed by atoms with Gasteiger partial charge in [0.25, 0.3) is 0 Å². The van der Waals surface area contributed by atoms with Gasteiger partial charge in [-0.3, -0.25) is 0 Å². The first-order valence-electron chi connectivity index (χ1n) is 4.56. The zero-order valence-corrected chi connectivity index (χ0v) is 11.7. The Labute approximate surface area is 117 Å². The van der Waals surface area contributed by atoms with Crippen molar-refractivity contribution < 1.29 is 0 Å². The highest BCUT2D eigenvalue weighted by atomic mass is 35.5. The van der Waals surface area contributed by atoms with Gasteiger partial charge in [0.2, 0.25) is 0 Å². The fraction of sp³-hybridized carbons (Fsp3) is 0.100. The lowest BCUT2D eigenvalue weighted by molar-refractivity contribution is 0.830. The van der Waals surface area contributed by atoms with Crippen LogP contribution in [0.2, 0.25) is 5.02 Å². The van der Waals surface area contributed by atoms with Crippen LogP contribution in [0.4, 0.5) is 0 Å². The first kappa shape index (κ1) is 12.6. The van der Waals surface area contributed by atoms with Crippen LogP contribution in [0.1, 0.15) is 0 Å². The Bertz CT molecular complexity index is 609. The SMILES string of the molecule is N#CCSc1nn(-c2ccc(Cl)cc2)c(=S)s1. The molecule has 0 bridgehead atoms. The van der Waals surface area contributed by atoms with Gasteiger partial charge in [0.15, 0.2) is 8.29 Å². The smallest absolute Gasteiger partial charge is 0.184 e. The van der Waals surface area contributed by atoms with E-state index in [0.29, 0.717) is 14.7 Å². The molecule has 2 aromatic rings. The van der Waals surface area contributed by atoms with E-state index < -0.39 is 0 Å². The largest absolute Gasteiger partial charge is 0.211 e. The molecular formula is C10H6ClN3S3. The number of nitriles is 1. The van der Waals surface area contributed by atoms with E-state index in [9.17, 15) is 0 Å². The molecule has 1 heterocycles. The van der Waals surface area contributed by atoms with Crippen LogP contribution < -0.4 is 0 Å². The highest BCUT2D eigenvalue weighted by molar-refractivity contribution is 8.01. The first-order chi connectivity index (χ1) is 8.20. The molecule has 17 heavy (non-hydrogen) atoms. The highest BCUT2D eigenvalue weighted by Crippen LogP contribution is 2.24. The molecule has 0 unspecified atom stereocenters. The summed E-state index contributed by atoms with van der Waals surface area (Å²) in [5, 5.41) is 13.5. The summed E-state index contributed by atoms with van der Waals surface area (Å²) in [4.78, 5) is 0. The highest BCUT2D eigenvalue weighted by Gasteiger charge is 2.05. The minimum Gasteiger partial charge on any atom is -0.211 e. The van der Waals surface area contributed by atoms with Crippen molar-refractivity contribution in [2.45, 2.75) is 4.34 Å². The van der Waals surface area contributed by atoms with Crippen LogP contribution in [0, 0.1) is 15.3 Å². The second-order valence-electron chi connectivity index (χ2n) is 2.97. The summed E-state index contributed by atoms with van der Waals surface area (Å²) in [5.74, 6) is 0.378. The maximum Gasteiger partial charge on any atom is 0.184 e. The summed E-state index contributed by atoms with van der Waals surface area (Å²) in [6, 6.07) is 9.36. The lowest BCUT2D eigenvalue weighted by Crippen LogP contribution is -1.95. The molecule has 0 amide bonds. The van der Waals surface area contributed by atoms with Gasteiger partial charge in [-0.05, 0) is 36.5 Å². The molecule has 0 aliphatic heterocycles. The average Bonchev–Trinajstić information content (AvgIpc) is 2.69. The molecule has 0 radical (unpaired) electrons. The van der Waals surface area contributed by atoms with Crippen LogP contribution in [0.5, 0.6) is 0 Å². The fourth-order valence-electron chi connectivity index (χ4n) is 1.16. The van der Waals surface area contributed by atoms with Crippen LogP contribution >= 0.6 is 46.9 Å². The maximum absolute atomic E-state index is 8.51. The van der Waals surface area contributed by atoms with Gasteiger partial charge < -0.3 is 0 Å². The van der Waals surface area contributed by atoms with Crippen molar-refractivity contribution in [3.63, 3.8) is 0 Å². The van der Waals surface area contributed by atoms with Gasteiger partial charge in [0.05, 0.1) is 17.5 Å². The Morgan fingerprint density at radius 1 is 1.47 bits per heavy atom. The molecule has 0 saturated carbocycles. The molecule has 0 aliphatic rings. The number of hydrogen-bond donors (Lipinski definition) is 0. The van der Waals surface area contributed by atoms with Crippen molar-refractivity contribution >= 4 is 46.9 Å². The predicted molar refractivity (Wildman–Crippen MR) is 73.6 cm³/mol. The van der Waals surface area contributed by atoms with Crippen molar-refractivity contribution in [2.24, 2.45) is 0 Å². The van der Waals surface area contributed by atoms with Crippen molar-refractivity contribution in [1.82, 2.24) is 9.78 Å². The van der Waals surface area contributed by atoms with Crippen LogP contribution in [-0.4, -0.2) is 15.5 Å². The van der Waals surface area contributed by atoms with Gasteiger partial charge in [0, 0.05) is 5.02 Å². The zero-order valence-electron chi connectivity index (χ0n) is 8.46. The van der Waals surface area contributed by atoms with Crippen molar-refractivity contribution in [1.29, 1.82) is 5.26 Å². The molecule has 0 atom stereocenters. The summed E-state index contributed by atoms with van der Waals surface area (Å²) in [6.07, 6.45) is 0. The van der Waals surface area contributed by atoms with Crippen LogP contribution in [0.3, 0.4) is 0 Å². The normalized spacial score (nSPS) is 10.1. The lowest BCUT2D eigenvalue weighted by atomic mass is 10.3. The molecule has 1 aromatic carbocycles. The van der Waals surface area contributed by atoms with Gasteiger partial charge in [-0.15, -0.1) is 5.10 Å². The number of thioether (sulfide) groups is 1. The summed E-state index contributed by atoms with van der Waals surface area (Å²) in [6.45, 7) is 0. The first-order valence-corrected chi connectivity index (χ1v) is 7.15. The molecule has 3 nitrogen and oxygen atoms in total. The molecule has 7 heteroatoms. The monoisotopic (exact) mass is 299 g/mol. The van der Waals surface area contributed by atoms with E-state index in [4.69, 9.17) is 29.1 Å². The maximum atomic E-state index is 8.51. The Balaban J connectivity index is 2.33. The van der Waals surface area contributed by atoms with Crippen LogP contribution in [0.15, 0.2) is 28.6 Å². The second kappa shape index (κ2) is 5.65. The molecule has 0 aliphatic carbocycles. The third-order valence-electron chi connectivity index (χ3n) is 1.86. The summed E-state index contributed by atoms with van der Waals surface area (Å²) < 4.78 is 3.13. The molecule has 2 rings (SSSR count). The number of benzene rings is 1. The zero-order chi connectivity index (χ0) is 12.3. The van der Waals surface area contributed by atoms with Crippen LogP contribution in [-0.2, 0) is 0 Å². The van der Waals surface area contributed by atoms with E-state index in [1.807, 2.05) is 12.1 Å².